The van der Waals surface area contributed by atoms with Crippen LogP contribution in [0.3, 0.4) is 0 Å². The normalized spacial score (nSPS) is 8.82. The van der Waals surface area contributed by atoms with Gasteiger partial charge in [-0.2, -0.15) is 0 Å². The Kier molecular flexibility index (Phi) is 78.9. The SMILES string of the molecule is BrCc1ccccc1.CCCCCCSC(=S)SCc1ccccc1.CCCCCCSC(=S)[S-].CCCCCC[SH2+].CO.S=C[SH2+].[H-].[Na+].[Na+]. The van der Waals surface area contributed by atoms with E-state index in [0.717, 1.165) is 27.5 Å². The summed E-state index contributed by atoms with van der Waals surface area (Å²) in [5.41, 5.74) is 2.68. The molecule has 0 fully saturated rings. The average molecular weight is 926 g/mol. The largest absolute Gasteiger partial charge is 1.00 e. The maximum absolute atomic E-state index is 7.00. The Bertz CT molecular complexity index is 890. The molecule has 0 amide bonds. The fourth-order valence-corrected chi connectivity index (χ4v) is 7.06. The molecule has 0 bridgehead atoms. The predicted molar refractivity (Wildman–Crippen MR) is 255 cm³/mol. The zero-order chi connectivity index (χ0) is 36.2. The van der Waals surface area contributed by atoms with Gasteiger partial charge in [-0.1, -0.05) is 164 Å². The van der Waals surface area contributed by atoms with E-state index >= 15 is 0 Å². The van der Waals surface area contributed by atoms with Gasteiger partial charge in [-0.25, -0.2) is 0 Å². The van der Waals surface area contributed by atoms with Gasteiger partial charge in [-0.05, 0) is 85.8 Å². The van der Waals surface area contributed by atoms with Crippen molar-refractivity contribution in [3.63, 3.8) is 0 Å². The summed E-state index contributed by atoms with van der Waals surface area (Å²) >= 11 is 34.0. The first kappa shape index (κ1) is 64.0. The molecule has 0 aliphatic rings. The second kappa shape index (κ2) is 60.4. The van der Waals surface area contributed by atoms with Gasteiger partial charge in [0.05, 0.1) is 0 Å². The molecule has 0 atom stereocenters. The molecule has 2 aromatic rings. The van der Waals surface area contributed by atoms with Crippen molar-refractivity contribution in [3.05, 3.63) is 71.8 Å². The minimum atomic E-state index is 0. The number of unbranched alkanes of at least 4 members (excludes halogenated alkanes) is 9. The second-order valence-corrected chi connectivity index (χ2v) is 17.6. The molecule has 2 rings (SSSR count). The molecule has 0 spiro atoms. The van der Waals surface area contributed by atoms with E-state index in [1.807, 2.05) is 30.0 Å². The van der Waals surface area contributed by atoms with Crippen LogP contribution >= 0.6 is 87.9 Å². The van der Waals surface area contributed by atoms with E-state index in [2.05, 4.69) is 117 Å². The van der Waals surface area contributed by atoms with Crippen LogP contribution in [0.5, 0.6) is 0 Å². The van der Waals surface area contributed by atoms with Crippen LogP contribution in [0.25, 0.3) is 0 Å². The van der Waals surface area contributed by atoms with Gasteiger partial charge in [-0.15, -0.1) is 35.3 Å². The number of hydrogen-bond donors (Lipinski definition) is 1. The van der Waals surface area contributed by atoms with E-state index in [9.17, 15) is 0 Å². The maximum Gasteiger partial charge on any atom is 1.00 e. The van der Waals surface area contributed by atoms with Crippen LogP contribution in [0, 0.1) is 0 Å². The Morgan fingerprint density at radius 3 is 1.45 bits per heavy atom. The standard InChI is InChI=1S/C14H20S3.C7H7Br.C7H14S3.C6H14S.CH4O.CH2S2.2Na.H/c1-2-3-4-8-11-16-14(15)17-12-13-9-6-5-7-10-13;8-6-7-4-2-1-3-5-7;1-2-3-4-5-6-10-7(8)9;1-2-3-4-5-6-7;1-2;2-1-3;;;/h5-7,9-10H,2-4,8,11-12H2,1H3;1-5H,6H2;2-6H2,1H3,(H,8,9);7H,2-6H2,1H3;2H,1H3;1H,(H,2,3);;;/q;;;;;;2*+1;-1/p+1. The van der Waals surface area contributed by atoms with E-state index in [-0.39, 0.29) is 60.5 Å². The molecule has 0 saturated heterocycles. The molecule has 0 unspecified atom stereocenters. The van der Waals surface area contributed by atoms with Crippen molar-refractivity contribution in [1.29, 1.82) is 0 Å². The number of rotatable bonds is 17. The Morgan fingerprint density at radius 2 is 1.10 bits per heavy atom. The van der Waals surface area contributed by atoms with Crippen LogP contribution in [-0.4, -0.2) is 41.2 Å². The van der Waals surface area contributed by atoms with Crippen molar-refractivity contribution in [1.82, 2.24) is 0 Å². The van der Waals surface area contributed by atoms with Crippen molar-refractivity contribution in [2.75, 3.05) is 24.4 Å². The molecular weight excluding hydrogens is 863 g/mol. The Labute approximate surface area is 402 Å². The second-order valence-electron chi connectivity index (χ2n) is 9.64. The number of aliphatic hydroxyl groups is 1. The summed E-state index contributed by atoms with van der Waals surface area (Å²) in [6.07, 6.45) is 16.0. The zero-order valence-electron chi connectivity index (χ0n) is 32.1. The van der Waals surface area contributed by atoms with E-state index in [1.165, 1.54) is 104 Å². The molecule has 0 saturated carbocycles. The van der Waals surface area contributed by atoms with Gasteiger partial charge in [0.25, 0.3) is 0 Å². The summed E-state index contributed by atoms with van der Waals surface area (Å²) in [5, 5.41) is 7.95. The third-order valence-electron chi connectivity index (χ3n) is 5.66. The summed E-state index contributed by atoms with van der Waals surface area (Å²) in [7, 11) is 1.00. The van der Waals surface area contributed by atoms with Gasteiger partial charge >= 0.3 is 59.1 Å². The Hall–Kier alpha value is 3.12. The molecule has 0 aliphatic carbocycles. The van der Waals surface area contributed by atoms with Crippen LogP contribution in [-0.2, 0) is 49.0 Å². The van der Waals surface area contributed by atoms with Gasteiger partial charge in [0, 0.05) is 18.2 Å². The summed E-state index contributed by atoms with van der Waals surface area (Å²) < 4.78 is 3.14. The van der Waals surface area contributed by atoms with Crippen molar-refractivity contribution in [2.24, 2.45) is 0 Å². The van der Waals surface area contributed by atoms with E-state index in [4.69, 9.17) is 42.2 Å². The summed E-state index contributed by atoms with van der Waals surface area (Å²) in [6, 6.07) is 20.8. The smallest absolute Gasteiger partial charge is 1.00 e. The van der Waals surface area contributed by atoms with Crippen LogP contribution in [0.2, 0.25) is 0 Å². The molecule has 49 heavy (non-hydrogen) atoms. The minimum absolute atomic E-state index is 0. The minimum Gasteiger partial charge on any atom is -1.00 e. The van der Waals surface area contributed by atoms with Crippen LogP contribution in [0.4, 0.5) is 0 Å². The monoisotopic (exact) mass is 924 g/mol. The third kappa shape index (κ3) is 63.4. The zero-order valence-corrected chi connectivity index (χ0v) is 44.4. The Morgan fingerprint density at radius 1 is 0.714 bits per heavy atom. The first-order chi connectivity index (χ1) is 22.9. The molecule has 1 N–H and O–H groups in total. The molecule has 0 radical (unpaired) electrons. The molecule has 0 aromatic heterocycles. The fourth-order valence-electron chi connectivity index (χ4n) is 3.25. The third-order valence-corrected chi connectivity index (χ3v) is 11.0. The van der Waals surface area contributed by atoms with Crippen LogP contribution < -0.4 is 59.1 Å². The Balaban J connectivity index is -0.0000000975. The van der Waals surface area contributed by atoms with Gasteiger partial charge in [0.15, 0.2) is 4.70 Å². The topological polar surface area (TPSA) is 20.2 Å². The van der Waals surface area contributed by atoms with Crippen molar-refractivity contribution in [2.45, 2.75) is 109 Å². The predicted octanol–water partition coefficient (Wildman–Crippen LogP) is 6.49. The number of benzene rings is 2. The van der Waals surface area contributed by atoms with Crippen molar-refractivity contribution >= 4 is 138 Å². The molecule has 2 aromatic carbocycles. The molecule has 0 heterocycles. The van der Waals surface area contributed by atoms with E-state index in [1.54, 1.807) is 23.5 Å². The van der Waals surface area contributed by atoms with Crippen LogP contribution in [0.1, 0.15) is 110 Å². The summed E-state index contributed by atoms with van der Waals surface area (Å²) in [6.45, 7) is 6.69. The first-order valence-corrected chi connectivity index (χ1v) is 23.4. The molecular formula is C36H63BrNa2OS9+2. The van der Waals surface area contributed by atoms with E-state index < -0.39 is 0 Å². The molecule has 13 heteroatoms. The molecule has 1 nitrogen and oxygen atoms in total. The molecule has 0 aliphatic heterocycles. The van der Waals surface area contributed by atoms with Gasteiger partial charge in [0.2, 0.25) is 0 Å². The van der Waals surface area contributed by atoms with Gasteiger partial charge in [-0.3, -0.25) is 0 Å². The number of thiocarbonyl (C=S) groups is 3. The number of aliphatic hydroxyl groups excluding tert-OH is 1. The number of hydrogen-bond acceptors (Lipinski definition) is 8. The number of thioether (sulfide) groups is 3. The summed E-state index contributed by atoms with van der Waals surface area (Å²) in [4.78, 5) is 0. The van der Waals surface area contributed by atoms with E-state index in [0.29, 0.717) is 3.53 Å². The van der Waals surface area contributed by atoms with Crippen molar-refractivity contribution < 1.29 is 65.6 Å². The van der Waals surface area contributed by atoms with Crippen molar-refractivity contribution in [3.8, 4) is 0 Å². The van der Waals surface area contributed by atoms with Crippen LogP contribution in [0.15, 0.2) is 60.7 Å². The van der Waals surface area contributed by atoms with Gasteiger partial charge < -0.3 is 31.4 Å². The average Bonchev–Trinajstić information content (AvgIpc) is 3.10. The number of halogens is 1. The van der Waals surface area contributed by atoms with Gasteiger partial charge in [0.1, 0.15) is 9.28 Å². The maximum atomic E-state index is 7.00. The fraction of sp³-hybridized carbons (Fsp3) is 0.583. The number of alkyl halides is 1. The quantitative estimate of drug-likeness (QED) is 0.0480. The molecule has 274 valence electrons. The summed E-state index contributed by atoms with van der Waals surface area (Å²) in [5.74, 6) is 4.46. The first-order valence-electron chi connectivity index (χ1n) is 16.3.